The van der Waals surface area contributed by atoms with Crippen molar-refractivity contribution in [3.05, 3.63) is 24.5 Å². The Hall–Kier alpha value is -1.26. The van der Waals surface area contributed by atoms with Gasteiger partial charge in [-0.2, -0.15) is 13.2 Å². The first kappa shape index (κ1) is 10.8. The lowest BCUT2D eigenvalue weighted by molar-refractivity contribution is -0.136. The molecule has 0 amide bonds. The number of alkyl halides is 3. The number of hydrogen-bond acceptors (Lipinski definition) is 2. The van der Waals surface area contributed by atoms with Crippen molar-refractivity contribution in [2.45, 2.75) is 25.6 Å². The van der Waals surface area contributed by atoms with Crippen molar-refractivity contribution in [1.82, 2.24) is 4.98 Å². The maximum absolute atomic E-state index is 12.0. The maximum Gasteiger partial charge on any atom is 0.391 e. The van der Waals surface area contributed by atoms with E-state index in [0.29, 0.717) is 5.69 Å². The number of nitrogens with zero attached hydrogens (tertiary/aromatic N) is 1. The molecule has 0 radical (unpaired) electrons. The fraction of sp³-hybridized carbons (Fsp3) is 0.444. The van der Waals surface area contributed by atoms with E-state index in [-0.39, 0.29) is 0 Å². The molecule has 0 aliphatic carbocycles. The molecule has 1 aromatic rings. The minimum atomic E-state index is -4.13. The smallest absolute Gasteiger partial charge is 0.382 e. The summed E-state index contributed by atoms with van der Waals surface area (Å²) in [6.07, 6.45) is -1.90. The van der Waals surface area contributed by atoms with Crippen LogP contribution < -0.4 is 5.32 Å². The molecule has 1 N–H and O–H groups in total. The molecule has 0 spiro atoms. The Kier molecular flexibility index (Phi) is 3.33. The van der Waals surface area contributed by atoms with Crippen LogP contribution in [0.15, 0.2) is 24.5 Å². The molecule has 1 heterocycles. The van der Waals surface area contributed by atoms with Crippen LogP contribution in [0.4, 0.5) is 18.9 Å². The van der Waals surface area contributed by atoms with E-state index in [9.17, 15) is 13.2 Å². The monoisotopic (exact) mass is 204 g/mol. The second kappa shape index (κ2) is 4.30. The lowest BCUT2D eigenvalue weighted by Gasteiger charge is -2.16. The van der Waals surface area contributed by atoms with E-state index < -0.39 is 18.6 Å². The quantitative estimate of drug-likeness (QED) is 0.818. The molecule has 0 saturated heterocycles. The van der Waals surface area contributed by atoms with Gasteiger partial charge in [0.2, 0.25) is 0 Å². The van der Waals surface area contributed by atoms with Crippen LogP contribution in [0.25, 0.3) is 0 Å². The van der Waals surface area contributed by atoms with Crippen LogP contribution in [0.1, 0.15) is 13.3 Å². The molecule has 2 nitrogen and oxygen atoms in total. The van der Waals surface area contributed by atoms with Gasteiger partial charge in [0.25, 0.3) is 0 Å². The van der Waals surface area contributed by atoms with Crippen LogP contribution in [-0.2, 0) is 0 Å². The topological polar surface area (TPSA) is 24.9 Å². The lowest BCUT2D eigenvalue weighted by Crippen LogP contribution is -2.23. The molecule has 1 atom stereocenters. The molecule has 0 saturated carbocycles. The van der Waals surface area contributed by atoms with Crippen molar-refractivity contribution in [3.8, 4) is 0 Å². The zero-order valence-corrected chi connectivity index (χ0v) is 7.67. The highest BCUT2D eigenvalue weighted by Crippen LogP contribution is 2.22. The summed E-state index contributed by atoms with van der Waals surface area (Å²) >= 11 is 0. The molecule has 1 aromatic heterocycles. The van der Waals surface area contributed by atoms with Gasteiger partial charge in [-0.25, -0.2) is 0 Å². The minimum absolute atomic E-state index is 0.627. The normalized spacial score (nSPS) is 13.7. The number of halogens is 3. The molecule has 1 rings (SSSR count). The van der Waals surface area contributed by atoms with Gasteiger partial charge in [0.15, 0.2) is 0 Å². The molecule has 0 aliphatic rings. The van der Waals surface area contributed by atoms with E-state index in [1.54, 1.807) is 12.1 Å². The number of pyridine rings is 1. The average Bonchev–Trinajstić information content (AvgIpc) is 2.02. The minimum Gasteiger partial charge on any atom is -0.382 e. The summed E-state index contributed by atoms with van der Waals surface area (Å²) in [4.78, 5) is 3.77. The van der Waals surface area contributed by atoms with Crippen LogP contribution in [0.3, 0.4) is 0 Å². The Morgan fingerprint density at radius 3 is 2.43 bits per heavy atom. The van der Waals surface area contributed by atoms with E-state index >= 15 is 0 Å². The van der Waals surface area contributed by atoms with Crippen LogP contribution in [0, 0.1) is 0 Å². The van der Waals surface area contributed by atoms with Gasteiger partial charge in [-0.1, -0.05) is 0 Å². The fourth-order valence-corrected chi connectivity index (χ4v) is 1.13. The molecule has 0 aromatic carbocycles. The molecule has 14 heavy (non-hydrogen) atoms. The van der Waals surface area contributed by atoms with Crippen LogP contribution in [0.5, 0.6) is 0 Å². The Morgan fingerprint density at radius 1 is 1.36 bits per heavy atom. The second-order valence-corrected chi connectivity index (χ2v) is 3.10. The highest BCUT2D eigenvalue weighted by Gasteiger charge is 2.29. The Balaban J connectivity index is 2.46. The first-order chi connectivity index (χ1) is 6.47. The standard InChI is InChI=1S/C9H11F3N2/c1-7(6-9(10,11)12)14-8-2-4-13-5-3-8/h2-5,7H,6H2,1H3,(H,13,14). The summed E-state index contributed by atoms with van der Waals surface area (Å²) in [6, 6.07) is 2.64. The van der Waals surface area contributed by atoms with Crippen molar-refractivity contribution >= 4 is 5.69 Å². The maximum atomic E-state index is 12.0. The predicted octanol–water partition coefficient (Wildman–Crippen LogP) is 2.83. The first-order valence-electron chi connectivity index (χ1n) is 4.21. The summed E-state index contributed by atoms with van der Waals surface area (Å²) in [7, 11) is 0. The number of anilines is 1. The Labute approximate surface area is 80.2 Å². The number of rotatable bonds is 3. The van der Waals surface area contributed by atoms with Crippen molar-refractivity contribution in [3.63, 3.8) is 0 Å². The van der Waals surface area contributed by atoms with Gasteiger partial charge in [0.1, 0.15) is 0 Å². The van der Waals surface area contributed by atoms with Crippen molar-refractivity contribution in [1.29, 1.82) is 0 Å². The van der Waals surface area contributed by atoms with Gasteiger partial charge in [-0.05, 0) is 19.1 Å². The van der Waals surface area contributed by atoms with E-state index in [1.807, 2.05) is 0 Å². The van der Waals surface area contributed by atoms with Gasteiger partial charge in [-0.3, -0.25) is 4.98 Å². The summed E-state index contributed by atoms with van der Waals surface area (Å²) in [6.45, 7) is 1.49. The van der Waals surface area contributed by atoms with Crippen molar-refractivity contribution < 1.29 is 13.2 Å². The molecule has 0 fully saturated rings. The van der Waals surface area contributed by atoms with Crippen LogP contribution in [0.2, 0.25) is 0 Å². The van der Waals surface area contributed by atoms with E-state index in [2.05, 4.69) is 10.3 Å². The number of hydrogen-bond donors (Lipinski definition) is 1. The average molecular weight is 204 g/mol. The highest BCUT2D eigenvalue weighted by atomic mass is 19.4. The summed E-state index contributed by atoms with van der Waals surface area (Å²) < 4.78 is 35.9. The highest BCUT2D eigenvalue weighted by molar-refractivity contribution is 5.41. The van der Waals surface area contributed by atoms with Gasteiger partial charge in [0, 0.05) is 24.1 Å². The Bertz CT molecular complexity index is 271. The summed E-state index contributed by atoms with van der Waals surface area (Å²) in [5.74, 6) is 0. The summed E-state index contributed by atoms with van der Waals surface area (Å²) in [5.41, 5.74) is 0.650. The zero-order chi connectivity index (χ0) is 10.6. The third-order valence-corrected chi connectivity index (χ3v) is 1.63. The third-order valence-electron chi connectivity index (χ3n) is 1.63. The zero-order valence-electron chi connectivity index (χ0n) is 7.67. The van der Waals surface area contributed by atoms with Crippen LogP contribution >= 0.6 is 0 Å². The predicted molar refractivity (Wildman–Crippen MR) is 48.0 cm³/mol. The van der Waals surface area contributed by atoms with Gasteiger partial charge >= 0.3 is 6.18 Å². The molecular weight excluding hydrogens is 193 g/mol. The fourth-order valence-electron chi connectivity index (χ4n) is 1.13. The molecule has 0 bridgehead atoms. The first-order valence-corrected chi connectivity index (χ1v) is 4.21. The SMILES string of the molecule is CC(CC(F)(F)F)Nc1ccncc1. The number of nitrogens with one attached hydrogen (secondary N) is 1. The largest absolute Gasteiger partial charge is 0.391 e. The van der Waals surface area contributed by atoms with Gasteiger partial charge < -0.3 is 5.32 Å². The van der Waals surface area contributed by atoms with E-state index in [1.165, 1.54) is 19.3 Å². The Morgan fingerprint density at radius 2 is 1.93 bits per heavy atom. The molecule has 0 aliphatic heterocycles. The number of aromatic nitrogens is 1. The van der Waals surface area contributed by atoms with Gasteiger partial charge in [-0.15, -0.1) is 0 Å². The molecule has 5 heteroatoms. The van der Waals surface area contributed by atoms with E-state index in [4.69, 9.17) is 0 Å². The van der Waals surface area contributed by atoms with Crippen molar-refractivity contribution in [2.24, 2.45) is 0 Å². The molecule has 78 valence electrons. The second-order valence-electron chi connectivity index (χ2n) is 3.10. The van der Waals surface area contributed by atoms with E-state index in [0.717, 1.165) is 0 Å². The lowest BCUT2D eigenvalue weighted by atomic mass is 10.2. The van der Waals surface area contributed by atoms with Crippen LogP contribution in [-0.4, -0.2) is 17.2 Å². The molecule has 1 unspecified atom stereocenters. The van der Waals surface area contributed by atoms with Crippen molar-refractivity contribution in [2.75, 3.05) is 5.32 Å². The third kappa shape index (κ3) is 4.11. The summed E-state index contributed by atoms with van der Waals surface area (Å²) in [5, 5.41) is 2.74. The van der Waals surface area contributed by atoms with Gasteiger partial charge in [0.05, 0.1) is 6.42 Å². The molecular formula is C9H11F3N2.